The van der Waals surface area contributed by atoms with Crippen molar-refractivity contribution in [3.8, 4) is 0 Å². The van der Waals surface area contributed by atoms with E-state index in [2.05, 4.69) is 24.2 Å². The average Bonchev–Trinajstić information content (AvgIpc) is 2.25. The van der Waals surface area contributed by atoms with E-state index in [0.29, 0.717) is 0 Å². The Balaban J connectivity index is 2.16. The molecule has 2 rings (SSSR count). The maximum absolute atomic E-state index is 3.49. The van der Waals surface area contributed by atoms with Crippen molar-refractivity contribution in [1.29, 1.82) is 0 Å². The minimum Gasteiger partial charge on any atom is -0.311 e. The summed E-state index contributed by atoms with van der Waals surface area (Å²) in [6, 6.07) is 1.62. The maximum Gasteiger partial charge on any atom is 0.0259 e. The molecular formula is C7H14N2. The minimum atomic E-state index is 0.792. The van der Waals surface area contributed by atoms with Crippen molar-refractivity contribution in [2.45, 2.75) is 19.0 Å². The highest BCUT2D eigenvalue weighted by Crippen LogP contribution is 2.27. The Morgan fingerprint density at radius 1 is 1.56 bits per heavy atom. The molecule has 2 aliphatic rings. The largest absolute Gasteiger partial charge is 0.311 e. The number of fused-ring (bicyclic) bond motifs is 2. The Kier molecular flexibility index (Phi) is 1.08. The molecule has 2 heterocycles. The van der Waals surface area contributed by atoms with Gasteiger partial charge in [0.15, 0.2) is 0 Å². The standard InChI is InChI=1S/C7H14N2/c1-5-6-4-9(2)7(5)3-8-6/h5-8H,3-4H2,1-2H3/t5-,6+,7+/m1/s1. The predicted molar refractivity (Wildman–Crippen MR) is 37.4 cm³/mol. The van der Waals surface area contributed by atoms with E-state index in [-0.39, 0.29) is 0 Å². The topological polar surface area (TPSA) is 15.3 Å². The highest BCUT2D eigenvalue weighted by atomic mass is 15.3. The van der Waals surface area contributed by atoms with E-state index in [1.807, 2.05) is 0 Å². The van der Waals surface area contributed by atoms with E-state index in [9.17, 15) is 0 Å². The van der Waals surface area contributed by atoms with Crippen LogP contribution in [0.25, 0.3) is 0 Å². The Labute approximate surface area is 56.2 Å². The van der Waals surface area contributed by atoms with E-state index < -0.39 is 0 Å². The van der Waals surface area contributed by atoms with Gasteiger partial charge < -0.3 is 10.2 Å². The molecule has 1 N–H and O–H groups in total. The SMILES string of the molecule is C[C@@H]1[C@@H]2CN(C)[C@H]1CN2. The van der Waals surface area contributed by atoms with Crippen LogP contribution in [0.5, 0.6) is 0 Å². The molecule has 0 aromatic carbocycles. The first kappa shape index (κ1) is 5.69. The van der Waals surface area contributed by atoms with Crippen molar-refractivity contribution < 1.29 is 0 Å². The van der Waals surface area contributed by atoms with Crippen LogP contribution in [0.4, 0.5) is 0 Å². The van der Waals surface area contributed by atoms with Crippen molar-refractivity contribution >= 4 is 0 Å². The molecule has 2 nitrogen and oxygen atoms in total. The summed E-state index contributed by atoms with van der Waals surface area (Å²) in [4.78, 5) is 2.46. The van der Waals surface area contributed by atoms with Gasteiger partial charge in [0.25, 0.3) is 0 Å². The van der Waals surface area contributed by atoms with E-state index in [4.69, 9.17) is 0 Å². The van der Waals surface area contributed by atoms with Crippen LogP contribution in [0.1, 0.15) is 6.92 Å². The zero-order valence-corrected chi connectivity index (χ0v) is 6.09. The van der Waals surface area contributed by atoms with Gasteiger partial charge in [0.05, 0.1) is 0 Å². The van der Waals surface area contributed by atoms with Gasteiger partial charge in [-0.15, -0.1) is 0 Å². The van der Waals surface area contributed by atoms with Gasteiger partial charge in [-0.3, -0.25) is 0 Å². The van der Waals surface area contributed by atoms with Crippen LogP contribution in [-0.4, -0.2) is 37.1 Å². The summed E-state index contributed by atoms with van der Waals surface area (Å²) in [5.74, 6) is 0.884. The number of hydrogen-bond acceptors (Lipinski definition) is 2. The van der Waals surface area contributed by atoms with E-state index in [1.54, 1.807) is 0 Å². The highest BCUT2D eigenvalue weighted by Gasteiger charge is 2.41. The lowest BCUT2D eigenvalue weighted by Gasteiger charge is -2.21. The van der Waals surface area contributed by atoms with Gasteiger partial charge in [0.1, 0.15) is 0 Å². The van der Waals surface area contributed by atoms with Crippen LogP contribution < -0.4 is 5.32 Å². The van der Waals surface area contributed by atoms with Gasteiger partial charge in [-0.05, 0) is 13.0 Å². The molecular weight excluding hydrogens is 112 g/mol. The van der Waals surface area contributed by atoms with Gasteiger partial charge >= 0.3 is 0 Å². The Hall–Kier alpha value is -0.0800. The number of piperazine rings is 1. The Morgan fingerprint density at radius 3 is 2.56 bits per heavy atom. The second kappa shape index (κ2) is 1.70. The second-order valence-electron chi connectivity index (χ2n) is 3.38. The van der Waals surface area contributed by atoms with E-state index in [1.165, 1.54) is 13.1 Å². The molecule has 0 amide bonds. The van der Waals surface area contributed by atoms with Gasteiger partial charge in [-0.2, -0.15) is 0 Å². The Bertz CT molecular complexity index is 124. The minimum absolute atomic E-state index is 0.792. The molecule has 0 saturated carbocycles. The number of nitrogens with zero attached hydrogens (tertiary/aromatic N) is 1. The summed E-state index contributed by atoms with van der Waals surface area (Å²) in [7, 11) is 2.22. The zero-order chi connectivity index (χ0) is 6.43. The lowest BCUT2D eigenvalue weighted by Crippen LogP contribution is -2.41. The van der Waals surface area contributed by atoms with Crippen LogP contribution >= 0.6 is 0 Å². The molecule has 0 radical (unpaired) electrons. The third-order valence-electron chi connectivity index (χ3n) is 2.88. The van der Waals surface area contributed by atoms with Crippen LogP contribution in [0.2, 0.25) is 0 Å². The number of likely N-dealkylation sites (N-methyl/N-ethyl adjacent to an activating group) is 1. The molecule has 3 atom stereocenters. The molecule has 2 bridgehead atoms. The molecule has 9 heavy (non-hydrogen) atoms. The van der Waals surface area contributed by atoms with Crippen molar-refractivity contribution in [2.75, 3.05) is 20.1 Å². The Morgan fingerprint density at radius 2 is 2.33 bits per heavy atom. The fourth-order valence-electron chi connectivity index (χ4n) is 2.15. The summed E-state index contributed by atoms with van der Waals surface area (Å²) < 4.78 is 0. The van der Waals surface area contributed by atoms with E-state index in [0.717, 1.165) is 18.0 Å². The van der Waals surface area contributed by atoms with Gasteiger partial charge in [-0.25, -0.2) is 0 Å². The molecule has 0 aliphatic carbocycles. The molecule has 0 unspecified atom stereocenters. The quantitative estimate of drug-likeness (QED) is 0.488. The van der Waals surface area contributed by atoms with Gasteiger partial charge in [-0.1, -0.05) is 6.92 Å². The summed E-state index contributed by atoms with van der Waals surface area (Å²) >= 11 is 0. The molecule has 0 aromatic rings. The molecule has 0 spiro atoms. The molecule has 2 fully saturated rings. The fourth-order valence-corrected chi connectivity index (χ4v) is 2.15. The van der Waals surface area contributed by atoms with Crippen molar-refractivity contribution in [3.05, 3.63) is 0 Å². The smallest absolute Gasteiger partial charge is 0.0259 e. The van der Waals surface area contributed by atoms with Crippen molar-refractivity contribution in [2.24, 2.45) is 5.92 Å². The first-order valence-corrected chi connectivity index (χ1v) is 3.72. The third kappa shape index (κ3) is 0.634. The lowest BCUT2D eigenvalue weighted by atomic mass is 10.0. The normalized spacial score (nSPS) is 50.7. The summed E-state index contributed by atoms with van der Waals surface area (Å²) in [6.45, 7) is 4.81. The van der Waals surface area contributed by atoms with Crippen LogP contribution in [0.3, 0.4) is 0 Å². The molecule has 0 aromatic heterocycles. The van der Waals surface area contributed by atoms with Crippen molar-refractivity contribution in [1.82, 2.24) is 10.2 Å². The molecule has 2 aliphatic heterocycles. The monoisotopic (exact) mass is 126 g/mol. The lowest BCUT2D eigenvalue weighted by molar-refractivity contribution is 0.267. The zero-order valence-electron chi connectivity index (χ0n) is 6.09. The first-order chi connectivity index (χ1) is 4.29. The predicted octanol–water partition coefficient (Wildman–Crippen LogP) is -0.0917. The van der Waals surface area contributed by atoms with Gasteiger partial charge in [0.2, 0.25) is 0 Å². The summed E-state index contributed by atoms with van der Waals surface area (Å²) in [5, 5.41) is 3.49. The first-order valence-electron chi connectivity index (χ1n) is 3.72. The second-order valence-corrected chi connectivity index (χ2v) is 3.38. The summed E-state index contributed by atoms with van der Waals surface area (Å²) in [5.41, 5.74) is 0. The summed E-state index contributed by atoms with van der Waals surface area (Å²) in [6.07, 6.45) is 0. The van der Waals surface area contributed by atoms with Gasteiger partial charge in [0, 0.05) is 25.2 Å². The average molecular weight is 126 g/mol. The van der Waals surface area contributed by atoms with Crippen LogP contribution in [0.15, 0.2) is 0 Å². The molecule has 2 saturated heterocycles. The number of likely N-dealkylation sites (tertiary alicyclic amines) is 1. The fraction of sp³-hybridized carbons (Fsp3) is 1.00. The maximum atomic E-state index is 3.49. The highest BCUT2D eigenvalue weighted by molar-refractivity contribution is 5.00. The van der Waals surface area contributed by atoms with Crippen molar-refractivity contribution in [3.63, 3.8) is 0 Å². The molecule has 52 valence electrons. The van der Waals surface area contributed by atoms with Crippen LogP contribution in [0, 0.1) is 5.92 Å². The third-order valence-corrected chi connectivity index (χ3v) is 2.88. The molecule has 2 heteroatoms. The number of hydrogen-bond donors (Lipinski definition) is 1. The van der Waals surface area contributed by atoms with Crippen LogP contribution in [-0.2, 0) is 0 Å². The number of rotatable bonds is 0. The van der Waals surface area contributed by atoms with E-state index >= 15 is 0 Å². The number of nitrogens with one attached hydrogen (secondary N) is 1.